The molecule has 0 amide bonds. The lowest BCUT2D eigenvalue weighted by atomic mass is 10.0. The molecule has 0 radical (unpaired) electrons. The van der Waals surface area contributed by atoms with Crippen molar-refractivity contribution in [3.63, 3.8) is 0 Å². The highest BCUT2D eigenvalue weighted by atomic mass is 32.2. The first-order valence-corrected chi connectivity index (χ1v) is 9.27. The van der Waals surface area contributed by atoms with Gasteiger partial charge in [0, 0.05) is 12.4 Å². The van der Waals surface area contributed by atoms with E-state index in [2.05, 4.69) is 14.7 Å². The monoisotopic (exact) mass is 371 g/mol. The zero-order chi connectivity index (χ0) is 18.7. The minimum Gasteiger partial charge on any atom is -0.477 e. The minimum atomic E-state index is -3.97. The summed E-state index contributed by atoms with van der Waals surface area (Å²) in [5.41, 5.74) is 2.06. The van der Waals surface area contributed by atoms with Crippen molar-refractivity contribution in [2.24, 2.45) is 0 Å². The van der Waals surface area contributed by atoms with E-state index in [9.17, 15) is 13.2 Å². The quantitative estimate of drug-likeness (QED) is 0.616. The van der Waals surface area contributed by atoms with Gasteiger partial charge in [0.05, 0.1) is 11.7 Å². The van der Waals surface area contributed by atoms with Crippen molar-refractivity contribution < 1.29 is 18.3 Å². The summed E-state index contributed by atoms with van der Waals surface area (Å²) in [6.45, 7) is 1.92. The Morgan fingerprint density at radius 2 is 2.00 bits per heavy atom. The van der Waals surface area contributed by atoms with Crippen LogP contribution in [0, 0.1) is 6.92 Å². The van der Waals surface area contributed by atoms with E-state index in [0.717, 1.165) is 23.4 Å². The summed E-state index contributed by atoms with van der Waals surface area (Å²) in [4.78, 5) is 17.5. The van der Waals surface area contributed by atoms with Gasteiger partial charge in [-0.3, -0.25) is 4.98 Å². The Bertz CT molecular complexity index is 1030. The summed E-state index contributed by atoms with van der Waals surface area (Å²) < 4.78 is 28.1. The number of aromatic amines is 1. The van der Waals surface area contributed by atoms with E-state index in [0.29, 0.717) is 5.69 Å². The van der Waals surface area contributed by atoms with Crippen LogP contribution in [0.15, 0.2) is 65.8 Å². The highest BCUT2D eigenvalue weighted by Crippen LogP contribution is 2.24. The maximum Gasteiger partial charge on any atom is 0.352 e. The molecule has 2 aromatic heterocycles. The number of benzene rings is 1. The van der Waals surface area contributed by atoms with Gasteiger partial charge in [0.2, 0.25) is 10.0 Å². The van der Waals surface area contributed by atoms with Gasteiger partial charge in [-0.15, -0.1) is 0 Å². The van der Waals surface area contributed by atoms with Crippen LogP contribution in [0.2, 0.25) is 0 Å². The number of carbonyl (C=O) groups is 1. The first-order chi connectivity index (χ1) is 12.4. The molecule has 134 valence electrons. The molecule has 3 aromatic rings. The molecule has 2 heterocycles. The van der Waals surface area contributed by atoms with Crippen LogP contribution in [0.1, 0.15) is 33.4 Å². The van der Waals surface area contributed by atoms with Gasteiger partial charge in [0.15, 0.2) is 0 Å². The summed E-state index contributed by atoms with van der Waals surface area (Å²) in [6.07, 6.45) is 2.74. The number of H-pyrrole nitrogens is 1. The number of pyridine rings is 1. The second-order valence-electron chi connectivity index (χ2n) is 5.78. The highest BCUT2D eigenvalue weighted by molar-refractivity contribution is 7.89. The zero-order valence-electron chi connectivity index (χ0n) is 13.9. The zero-order valence-corrected chi connectivity index (χ0v) is 14.7. The SMILES string of the molecule is Cc1cccc(C(NS(=O)(=O)c2c[nH]c(C(=O)O)c2)c2ccccn2)c1. The van der Waals surface area contributed by atoms with E-state index in [1.807, 2.05) is 31.2 Å². The van der Waals surface area contributed by atoms with Gasteiger partial charge in [-0.1, -0.05) is 35.9 Å². The minimum absolute atomic E-state index is 0.150. The highest BCUT2D eigenvalue weighted by Gasteiger charge is 2.25. The first kappa shape index (κ1) is 17.8. The third kappa shape index (κ3) is 3.81. The van der Waals surface area contributed by atoms with Crippen molar-refractivity contribution in [3.05, 3.63) is 83.4 Å². The van der Waals surface area contributed by atoms with E-state index in [4.69, 9.17) is 5.11 Å². The van der Waals surface area contributed by atoms with Crippen LogP contribution in [-0.2, 0) is 10.0 Å². The maximum atomic E-state index is 12.8. The van der Waals surface area contributed by atoms with Crippen molar-refractivity contribution in [1.29, 1.82) is 0 Å². The summed E-state index contributed by atoms with van der Waals surface area (Å²) in [7, 11) is -3.97. The number of hydrogen-bond acceptors (Lipinski definition) is 4. The van der Waals surface area contributed by atoms with Crippen LogP contribution in [0.5, 0.6) is 0 Å². The molecule has 1 unspecified atom stereocenters. The number of carboxylic acids is 1. The van der Waals surface area contributed by atoms with E-state index >= 15 is 0 Å². The number of aryl methyl sites for hydroxylation is 1. The number of aromatic carboxylic acids is 1. The van der Waals surface area contributed by atoms with Crippen molar-refractivity contribution in [2.75, 3.05) is 0 Å². The number of carboxylic acid groups (broad SMARTS) is 1. The topological polar surface area (TPSA) is 112 Å². The molecule has 1 aromatic carbocycles. The number of sulfonamides is 1. The Morgan fingerprint density at radius 3 is 2.62 bits per heavy atom. The molecule has 1 atom stereocenters. The largest absolute Gasteiger partial charge is 0.477 e. The summed E-state index contributed by atoms with van der Waals surface area (Å²) >= 11 is 0. The van der Waals surface area contributed by atoms with Gasteiger partial charge in [-0.05, 0) is 30.7 Å². The van der Waals surface area contributed by atoms with Gasteiger partial charge in [0.25, 0.3) is 0 Å². The standard InChI is InChI=1S/C18H17N3O4S/c1-12-5-4-6-13(9-12)17(15-7-2-3-8-19-15)21-26(24,25)14-10-16(18(22)23)20-11-14/h2-11,17,20-21H,1H3,(H,22,23). The fourth-order valence-electron chi connectivity index (χ4n) is 2.57. The van der Waals surface area contributed by atoms with E-state index in [1.165, 1.54) is 0 Å². The van der Waals surface area contributed by atoms with Crippen molar-refractivity contribution in [2.45, 2.75) is 17.9 Å². The van der Waals surface area contributed by atoms with Gasteiger partial charge in [-0.2, -0.15) is 4.72 Å². The molecule has 0 aliphatic carbocycles. The smallest absolute Gasteiger partial charge is 0.352 e. The lowest BCUT2D eigenvalue weighted by molar-refractivity contribution is 0.0691. The summed E-state index contributed by atoms with van der Waals surface area (Å²) in [5.74, 6) is -1.23. The average Bonchev–Trinajstić information content (AvgIpc) is 3.12. The number of rotatable bonds is 6. The van der Waals surface area contributed by atoms with Crippen molar-refractivity contribution in [3.8, 4) is 0 Å². The molecule has 26 heavy (non-hydrogen) atoms. The Hall–Kier alpha value is -2.97. The van der Waals surface area contributed by atoms with Crippen LogP contribution in [-0.4, -0.2) is 29.5 Å². The molecular weight excluding hydrogens is 354 g/mol. The van der Waals surface area contributed by atoms with Crippen LogP contribution < -0.4 is 4.72 Å². The van der Waals surface area contributed by atoms with Crippen LogP contribution in [0.3, 0.4) is 0 Å². The van der Waals surface area contributed by atoms with Crippen LogP contribution in [0.4, 0.5) is 0 Å². The number of nitrogens with zero attached hydrogens (tertiary/aromatic N) is 1. The van der Waals surface area contributed by atoms with Crippen molar-refractivity contribution in [1.82, 2.24) is 14.7 Å². The number of aromatic nitrogens is 2. The Labute approximate surface area is 150 Å². The molecule has 0 fully saturated rings. The molecule has 0 saturated carbocycles. The third-order valence-corrected chi connectivity index (χ3v) is 5.23. The van der Waals surface area contributed by atoms with Gasteiger partial charge in [0.1, 0.15) is 10.6 Å². The molecule has 8 heteroatoms. The fourth-order valence-corrected chi connectivity index (χ4v) is 3.76. The molecule has 7 nitrogen and oxygen atoms in total. The molecule has 0 bridgehead atoms. The second-order valence-corrected chi connectivity index (χ2v) is 7.49. The second kappa shape index (κ2) is 7.11. The number of nitrogens with one attached hydrogen (secondary N) is 2. The normalized spacial score (nSPS) is 12.7. The molecule has 0 aliphatic rings. The average molecular weight is 371 g/mol. The van der Waals surface area contributed by atoms with Crippen LogP contribution >= 0.6 is 0 Å². The van der Waals surface area contributed by atoms with Crippen LogP contribution in [0.25, 0.3) is 0 Å². The van der Waals surface area contributed by atoms with E-state index in [-0.39, 0.29) is 10.6 Å². The predicted octanol–water partition coefficient (Wildman–Crippen LogP) is 2.48. The Kier molecular flexibility index (Phi) is 4.88. The fraction of sp³-hybridized carbons (Fsp3) is 0.111. The lowest BCUT2D eigenvalue weighted by Crippen LogP contribution is -2.30. The van der Waals surface area contributed by atoms with Gasteiger partial charge >= 0.3 is 5.97 Å². The Morgan fingerprint density at radius 1 is 1.19 bits per heavy atom. The van der Waals surface area contributed by atoms with E-state index < -0.39 is 22.0 Å². The molecule has 0 aliphatic heterocycles. The number of hydrogen-bond donors (Lipinski definition) is 3. The molecule has 3 rings (SSSR count). The van der Waals surface area contributed by atoms with Gasteiger partial charge in [-0.25, -0.2) is 13.2 Å². The van der Waals surface area contributed by atoms with Gasteiger partial charge < -0.3 is 10.1 Å². The maximum absolute atomic E-state index is 12.8. The van der Waals surface area contributed by atoms with Crippen molar-refractivity contribution >= 4 is 16.0 Å². The first-order valence-electron chi connectivity index (χ1n) is 7.78. The summed E-state index contributed by atoms with van der Waals surface area (Å²) in [6, 6.07) is 13.1. The third-order valence-electron chi connectivity index (χ3n) is 3.83. The van der Waals surface area contributed by atoms with E-state index in [1.54, 1.807) is 24.4 Å². The Balaban J connectivity index is 2.01. The molecule has 3 N–H and O–H groups in total. The molecule has 0 saturated heterocycles. The summed E-state index contributed by atoms with van der Waals surface area (Å²) in [5, 5.41) is 8.98. The lowest BCUT2D eigenvalue weighted by Gasteiger charge is -2.19. The predicted molar refractivity (Wildman–Crippen MR) is 95.3 cm³/mol. The molecular formula is C18H17N3O4S. The molecule has 0 spiro atoms.